The van der Waals surface area contributed by atoms with Crippen molar-refractivity contribution in [2.75, 3.05) is 7.05 Å². The maximum Gasteiger partial charge on any atom is 0.137 e. The summed E-state index contributed by atoms with van der Waals surface area (Å²) in [6.45, 7) is 4.15. The van der Waals surface area contributed by atoms with Crippen LogP contribution in [0.1, 0.15) is 20.3 Å². The van der Waals surface area contributed by atoms with Crippen LogP contribution in [0.3, 0.4) is 0 Å². The highest BCUT2D eigenvalue weighted by atomic mass is 16.1. The molecule has 0 aromatic heterocycles. The maximum absolute atomic E-state index is 10.3. The minimum absolute atomic E-state index is 0.0370. The van der Waals surface area contributed by atoms with Crippen molar-refractivity contribution in [1.29, 1.82) is 0 Å². The number of rotatable bonds is 4. The van der Waals surface area contributed by atoms with Crippen LogP contribution in [0.5, 0.6) is 0 Å². The van der Waals surface area contributed by atoms with Gasteiger partial charge in [-0.25, -0.2) is 0 Å². The Balaban J connectivity index is 3.63. The summed E-state index contributed by atoms with van der Waals surface area (Å²) in [7, 11) is 1.81. The van der Waals surface area contributed by atoms with Crippen molar-refractivity contribution in [2.45, 2.75) is 26.3 Å². The first kappa shape index (κ1) is 8.63. The Bertz CT molecular complexity index is 83.0. The van der Waals surface area contributed by atoms with Gasteiger partial charge in [0, 0.05) is 0 Å². The fourth-order valence-electron chi connectivity index (χ4n) is 0.741. The summed E-state index contributed by atoms with van der Waals surface area (Å²) >= 11 is 0. The lowest BCUT2D eigenvalue weighted by atomic mass is 10.0. The average Bonchev–Trinajstić information content (AvgIpc) is 1.90. The topological polar surface area (TPSA) is 29.1 Å². The largest absolute Gasteiger partial charge is 0.311 e. The van der Waals surface area contributed by atoms with Gasteiger partial charge in [-0.1, -0.05) is 20.3 Å². The Morgan fingerprint density at radius 2 is 2.22 bits per heavy atom. The molecule has 0 saturated heterocycles. The molecule has 54 valence electrons. The molecular weight excluding hydrogens is 114 g/mol. The molecule has 0 aliphatic heterocycles. The van der Waals surface area contributed by atoms with Gasteiger partial charge in [0.1, 0.15) is 6.29 Å². The molecule has 0 rings (SSSR count). The van der Waals surface area contributed by atoms with Crippen LogP contribution in [-0.2, 0) is 4.79 Å². The van der Waals surface area contributed by atoms with E-state index in [2.05, 4.69) is 19.2 Å². The molecule has 0 bridgehead atoms. The van der Waals surface area contributed by atoms with Crippen molar-refractivity contribution in [3.63, 3.8) is 0 Å². The molecule has 0 heterocycles. The second-order valence-electron chi connectivity index (χ2n) is 2.34. The predicted molar refractivity (Wildman–Crippen MR) is 38.4 cm³/mol. The highest BCUT2D eigenvalue weighted by Crippen LogP contribution is 2.03. The lowest BCUT2D eigenvalue weighted by molar-refractivity contribution is -0.110. The first-order valence-electron chi connectivity index (χ1n) is 3.38. The third kappa shape index (κ3) is 2.61. The van der Waals surface area contributed by atoms with Gasteiger partial charge in [0.05, 0.1) is 6.04 Å². The van der Waals surface area contributed by atoms with Gasteiger partial charge in [0.25, 0.3) is 0 Å². The van der Waals surface area contributed by atoms with Gasteiger partial charge in [-0.2, -0.15) is 0 Å². The number of hydrogen-bond acceptors (Lipinski definition) is 2. The molecule has 2 heteroatoms. The fourth-order valence-corrected chi connectivity index (χ4v) is 0.741. The second-order valence-corrected chi connectivity index (χ2v) is 2.34. The van der Waals surface area contributed by atoms with E-state index < -0.39 is 0 Å². The molecule has 0 amide bonds. The maximum atomic E-state index is 10.3. The van der Waals surface area contributed by atoms with Gasteiger partial charge >= 0.3 is 0 Å². The molecular formula is C7H15NO. The summed E-state index contributed by atoms with van der Waals surface area (Å²) in [5, 5.41) is 2.93. The van der Waals surface area contributed by atoms with Crippen LogP contribution >= 0.6 is 0 Å². The summed E-state index contributed by atoms with van der Waals surface area (Å²) in [6.07, 6.45) is 2.01. The number of hydrogen-bond donors (Lipinski definition) is 1. The number of likely N-dealkylation sites (N-methyl/N-ethyl adjacent to an activating group) is 1. The monoisotopic (exact) mass is 129 g/mol. The standard InChI is InChI=1S/C7H15NO/c1-4-6(2)7(5-9)8-3/h5-8H,4H2,1-3H3/t6?,7-/m1/s1. The van der Waals surface area contributed by atoms with Crippen molar-refractivity contribution in [2.24, 2.45) is 5.92 Å². The van der Waals surface area contributed by atoms with Crippen molar-refractivity contribution >= 4 is 6.29 Å². The fraction of sp³-hybridized carbons (Fsp3) is 0.857. The minimum atomic E-state index is 0.0370. The SMILES string of the molecule is CCC(C)[C@@H](C=O)NC. The third-order valence-electron chi connectivity index (χ3n) is 1.74. The Morgan fingerprint density at radius 1 is 1.67 bits per heavy atom. The average molecular weight is 129 g/mol. The molecule has 0 aromatic rings. The van der Waals surface area contributed by atoms with Crippen LogP contribution in [0.4, 0.5) is 0 Å². The number of carbonyl (C=O) groups is 1. The lowest BCUT2D eigenvalue weighted by Crippen LogP contribution is -2.32. The highest BCUT2D eigenvalue weighted by Gasteiger charge is 2.10. The van der Waals surface area contributed by atoms with Crippen molar-refractivity contribution < 1.29 is 4.79 Å². The summed E-state index contributed by atoms with van der Waals surface area (Å²) < 4.78 is 0. The van der Waals surface area contributed by atoms with Gasteiger partial charge in [-0.05, 0) is 13.0 Å². The summed E-state index contributed by atoms with van der Waals surface area (Å²) in [6, 6.07) is 0.0370. The van der Waals surface area contributed by atoms with Gasteiger partial charge in [0.15, 0.2) is 0 Å². The Morgan fingerprint density at radius 3 is 2.33 bits per heavy atom. The second kappa shape index (κ2) is 4.50. The minimum Gasteiger partial charge on any atom is -0.311 e. The summed E-state index contributed by atoms with van der Waals surface area (Å²) in [5.74, 6) is 0.451. The van der Waals surface area contributed by atoms with Gasteiger partial charge < -0.3 is 10.1 Å². The quantitative estimate of drug-likeness (QED) is 0.569. The number of nitrogens with one attached hydrogen (secondary N) is 1. The third-order valence-corrected chi connectivity index (χ3v) is 1.74. The zero-order valence-electron chi connectivity index (χ0n) is 6.35. The van der Waals surface area contributed by atoms with Gasteiger partial charge in [0.2, 0.25) is 0 Å². The van der Waals surface area contributed by atoms with E-state index in [-0.39, 0.29) is 6.04 Å². The van der Waals surface area contributed by atoms with Crippen molar-refractivity contribution in [1.82, 2.24) is 5.32 Å². The van der Waals surface area contributed by atoms with Crippen LogP contribution in [-0.4, -0.2) is 19.4 Å². The van der Waals surface area contributed by atoms with Crippen LogP contribution in [0.15, 0.2) is 0 Å². The predicted octanol–water partition coefficient (Wildman–Crippen LogP) is 0.819. The number of aldehydes is 1. The van der Waals surface area contributed by atoms with Crippen LogP contribution in [0.25, 0.3) is 0 Å². The van der Waals surface area contributed by atoms with E-state index >= 15 is 0 Å². The van der Waals surface area contributed by atoms with E-state index in [9.17, 15) is 4.79 Å². The normalized spacial score (nSPS) is 16.8. The molecule has 2 atom stereocenters. The molecule has 0 saturated carbocycles. The molecule has 2 nitrogen and oxygen atoms in total. The Kier molecular flexibility index (Phi) is 4.32. The first-order valence-corrected chi connectivity index (χ1v) is 3.38. The molecule has 9 heavy (non-hydrogen) atoms. The number of carbonyl (C=O) groups excluding carboxylic acids is 1. The molecule has 1 N–H and O–H groups in total. The smallest absolute Gasteiger partial charge is 0.137 e. The van der Waals surface area contributed by atoms with E-state index in [1.54, 1.807) is 0 Å². The van der Waals surface area contributed by atoms with E-state index in [0.29, 0.717) is 5.92 Å². The molecule has 0 aliphatic rings. The van der Waals surface area contributed by atoms with E-state index in [4.69, 9.17) is 0 Å². The van der Waals surface area contributed by atoms with E-state index in [1.807, 2.05) is 7.05 Å². The zero-order chi connectivity index (χ0) is 7.28. The van der Waals surface area contributed by atoms with Crippen molar-refractivity contribution in [3.8, 4) is 0 Å². The van der Waals surface area contributed by atoms with Gasteiger partial charge in [-0.3, -0.25) is 0 Å². The molecule has 1 unspecified atom stereocenters. The molecule has 0 fully saturated rings. The molecule has 0 aliphatic carbocycles. The Labute approximate surface area is 56.6 Å². The molecule has 0 aromatic carbocycles. The highest BCUT2D eigenvalue weighted by molar-refractivity contribution is 5.57. The van der Waals surface area contributed by atoms with E-state index in [0.717, 1.165) is 12.7 Å². The summed E-state index contributed by atoms with van der Waals surface area (Å²) in [5.41, 5.74) is 0. The Hall–Kier alpha value is -0.370. The summed E-state index contributed by atoms with van der Waals surface area (Å²) in [4.78, 5) is 10.3. The van der Waals surface area contributed by atoms with E-state index in [1.165, 1.54) is 0 Å². The molecule has 0 radical (unpaired) electrons. The lowest BCUT2D eigenvalue weighted by Gasteiger charge is -2.14. The van der Waals surface area contributed by atoms with Gasteiger partial charge in [-0.15, -0.1) is 0 Å². The van der Waals surface area contributed by atoms with Crippen molar-refractivity contribution in [3.05, 3.63) is 0 Å². The zero-order valence-corrected chi connectivity index (χ0v) is 6.35. The molecule has 0 spiro atoms. The van der Waals surface area contributed by atoms with Crippen LogP contribution < -0.4 is 5.32 Å². The first-order chi connectivity index (χ1) is 4.26. The van der Waals surface area contributed by atoms with Crippen LogP contribution in [0.2, 0.25) is 0 Å². The van der Waals surface area contributed by atoms with Crippen LogP contribution in [0, 0.1) is 5.92 Å².